The number of carbonyl (C=O) groups is 2. The van der Waals surface area contributed by atoms with Crippen molar-refractivity contribution in [2.24, 2.45) is 5.73 Å². The molecule has 1 unspecified atom stereocenters. The van der Waals surface area contributed by atoms with Crippen molar-refractivity contribution in [2.45, 2.75) is 174 Å². The highest BCUT2D eigenvalue weighted by Gasteiger charge is 2.25. The van der Waals surface area contributed by atoms with Gasteiger partial charge in [0.15, 0.2) is 6.10 Å². The summed E-state index contributed by atoms with van der Waals surface area (Å²) in [4.78, 5) is 34.6. The summed E-state index contributed by atoms with van der Waals surface area (Å²) in [5.74, 6) is -0.845. The lowest BCUT2D eigenvalue weighted by Crippen LogP contribution is -2.29. The first-order valence-corrected chi connectivity index (χ1v) is 20.3. The number of unbranched alkanes of at least 4 members (excludes halogenated alkanes) is 19. The molecule has 276 valence electrons. The van der Waals surface area contributed by atoms with Crippen LogP contribution >= 0.6 is 7.82 Å². The largest absolute Gasteiger partial charge is 0.472 e. The lowest BCUT2D eigenvalue weighted by atomic mass is 10.1. The number of carbonyl (C=O) groups excluding carboxylic acids is 2. The number of phosphoric acid groups is 1. The average Bonchev–Trinajstić information content (AvgIpc) is 3.05. The summed E-state index contributed by atoms with van der Waals surface area (Å²) < 4.78 is 32.6. The summed E-state index contributed by atoms with van der Waals surface area (Å²) >= 11 is 0. The fraction of sp³-hybridized carbons (Fsp3) is 0.838. The van der Waals surface area contributed by atoms with E-state index in [2.05, 4.69) is 38.2 Å². The molecule has 0 aliphatic carbocycles. The zero-order chi connectivity index (χ0) is 34.7. The van der Waals surface area contributed by atoms with Gasteiger partial charge in [-0.15, -0.1) is 0 Å². The summed E-state index contributed by atoms with van der Waals surface area (Å²) in [6.07, 6.45) is 33.5. The first-order chi connectivity index (χ1) is 22.8. The van der Waals surface area contributed by atoms with Crippen molar-refractivity contribution in [2.75, 3.05) is 26.4 Å². The van der Waals surface area contributed by atoms with Gasteiger partial charge in [0.1, 0.15) is 6.61 Å². The SMILES string of the molecule is CCCCCC/C=C/C=C/CCCCCCCC(=O)OC[C@H](COP(=O)(O)OCCN)OC(=O)CCCCCCCCCCCCC. The standard InChI is InChI=1S/C37H70NO8P/c1-3-5-7-9-11-13-15-16-17-18-20-21-23-25-27-29-36(39)43-33-35(34-45-47(41,42)44-32-31-38)46-37(40)30-28-26-24-22-19-14-12-10-8-6-4-2/h13,15-17,35H,3-12,14,18-34,38H2,1-2H3,(H,41,42)/b15-13+,17-16+/t35-/m1/s1. The van der Waals surface area contributed by atoms with Crippen molar-refractivity contribution < 1.29 is 37.6 Å². The van der Waals surface area contributed by atoms with Crippen molar-refractivity contribution in [3.8, 4) is 0 Å². The fourth-order valence-electron chi connectivity index (χ4n) is 5.04. The van der Waals surface area contributed by atoms with Crippen LogP contribution in [-0.4, -0.2) is 49.3 Å². The van der Waals surface area contributed by atoms with Gasteiger partial charge in [0.05, 0.1) is 13.2 Å². The van der Waals surface area contributed by atoms with Gasteiger partial charge in [-0.2, -0.15) is 0 Å². The normalized spacial score (nSPS) is 13.7. The van der Waals surface area contributed by atoms with E-state index in [9.17, 15) is 19.0 Å². The maximum Gasteiger partial charge on any atom is 0.472 e. The van der Waals surface area contributed by atoms with Crippen molar-refractivity contribution in [3.05, 3.63) is 24.3 Å². The van der Waals surface area contributed by atoms with Gasteiger partial charge in [-0.1, -0.05) is 141 Å². The minimum atomic E-state index is -4.37. The lowest BCUT2D eigenvalue weighted by Gasteiger charge is -2.19. The number of ether oxygens (including phenoxy) is 2. The molecule has 9 nitrogen and oxygen atoms in total. The Bertz CT molecular complexity index is 835. The molecule has 10 heteroatoms. The molecule has 0 aromatic rings. The number of nitrogens with two attached hydrogens (primary N) is 1. The third-order valence-corrected chi connectivity index (χ3v) is 8.85. The highest BCUT2D eigenvalue weighted by Crippen LogP contribution is 2.43. The van der Waals surface area contributed by atoms with Gasteiger partial charge in [-0.05, 0) is 38.5 Å². The topological polar surface area (TPSA) is 134 Å². The van der Waals surface area contributed by atoms with Crippen molar-refractivity contribution in [1.82, 2.24) is 0 Å². The van der Waals surface area contributed by atoms with Crippen molar-refractivity contribution in [3.63, 3.8) is 0 Å². The van der Waals surface area contributed by atoms with E-state index in [1.54, 1.807) is 0 Å². The highest BCUT2D eigenvalue weighted by molar-refractivity contribution is 7.47. The van der Waals surface area contributed by atoms with Crippen LogP contribution < -0.4 is 5.73 Å². The number of hydrogen-bond donors (Lipinski definition) is 2. The van der Waals surface area contributed by atoms with Crippen LogP contribution in [0.15, 0.2) is 24.3 Å². The first kappa shape index (κ1) is 45.5. The number of esters is 2. The molecule has 0 spiro atoms. The van der Waals surface area contributed by atoms with Crippen LogP contribution in [0.1, 0.15) is 168 Å². The van der Waals surface area contributed by atoms with E-state index in [0.29, 0.717) is 12.8 Å². The van der Waals surface area contributed by atoms with Crippen molar-refractivity contribution >= 4 is 19.8 Å². The molecule has 2 atom stereocenters. The maximum absolute atomic E-state index is 12.5. The fourth-order valence-corrected chi connectivity index (χ4v) is 5.80. The quantitative estimate of drug-likeness (QED) is 0.0289. The van der Waals surface area contributed by atoms with Gasteiger partial charge in [-0.25, -0.2) is 4.57 Å². The number of allylic oxidation sites excluding steroid dienone is 4. The van der Waals surface area contributed by atoms with Crippen LogP contribution in [-0.2, 0) is 32.7 Å². The molecule has 0 fully saturated rings. The smallest absolute Gasteiger partial charge is 0.462 e. The average molecular weight is 688 g/mol. The predicted octanol–water partition coefficient (Wildman–Crippen LogP) is 10.0. The number of phosphoric ester groups is 1. The van der Waals surface area contributed by atoms with Gasteiger partial charge in [0.25, 0.3) is 0 Å². The lowest BCUT2D eigenvalue weighted by molar-refractivity contribution is -0.161. The van der Waals surface area contributed by atoms with E-state index < -0.39 is 32.5 Å². The van der Waals surface area contributed by atoms with Crippen LogP contribution in [0.3, 0.4) is 0 Å². The van der Waals surface area contributed by atoms with Crippen molar-refractivity contribution in [1.29, 1.82) is 0 Å². The Morgan fingerprint density at radius 3 is 1.60 bits per heavy atom. The Kier molecular flexibility index (Phi) is 33.3. The van der Waals surface area contributed by atoms with Crippen LogP contribution in [0.5, 0.6) is 0 Å². The van der Waals surface area contributed by atoms with E-state index in [0.717, 1.165) is 51.4 Å². The zero-order valence-corrected chi connectivity index (χ0v) is 30.9. The van der Waals surface area contributed by atoms with E-state index in [1.807, 2.05) is 0 Å². The molecule has 47 heavy (non-hydrogen) atoms. The monoisotopic (exact) mass is 687 g/mol. The maximum atomic E-state index is 12.5. The van der Waals surface area contributed by atoms with Gasteiger partial charge in [-0.3, -0.25) is 18.6 Å². The molecule has 0 bridgehead atoms. The van der Waals surface area contributed by atoms with Crippen LogP contribution in [0.2, 0.25) is 0 Å². The van der Waals surface area contributed by atoms with E-state index >= 15 is 0 Å². The molecule has 0 radical (unpaired) electrons. The minimum absolute atomic E-state index is 0.0524. The molecular weight excluding hydrogens is 617 g/mol. The molecule has 0 aromatic carbocycles. The van der Waals surface area contributed by atoms with E-state index in [4.69, 9.17) is 24.3 Å². The Balaban J connectivity index is 4.24. The second kappa shape index (κ2) is 34.4. The molecule has 0 heterocycles. The summed E-state index contributed by atoms with van der Waals surface area (Å²) in [6.45, 7) is 3.67. The molecule has 3 N–H and O–H groups in total. The van der Waals surface area contributed by atoms with Gasteiger partial charge < -0.3 is 20.1 Å². The Morgan fingerprint density at radius 1 is 0.638 bits per heavy atom. The Hall–Kier alpha value is -1.51. The summed E-state index contributed by atoms with van der Waals surface area (Å²) in [7, 11) is -4.37. The van der Waals surface area contributed by atoms with Gasteiger partial charge in [0, 0.05) is 19.4 Å². The molecule has 0 aliphatic rings. The Labute approximate surface area is 287 Å². The second-order valence-corrected chi connectivity index (χ2v) is 13.9. The molecule has 0 aromatic heterocycles. The highest BCUT2D eigenvalue weighted by atomic mass is 31.2. The first-order valence-electron chi connectivity index (χ1n) is 18.8. The number of rotatable bonds is 35. The molecule has 0 rings (SSSR count). The van der Waals surface area contributed by atoms with Crippen LogP contribution in [0.4, 0.5) is 0 Å². The number of hydrogen-bond acceptors (Lipinski definition) is 8. The van der Waals surface area contributed by atoms with E-state index in [1.165, 1.54) is 77.0 Å². The summed E-state index contributed by atoms with van der Waals surface area (Å²) in [5, 5.41) is 0. The van der Waals surface area contributed by atoms with Crippen LogP contribution in [0.25, 0.3) is 0 Å². The third-order valence-electron chi connectivity index (χ3n) is 7.87. The second-order valence-electron chi connectivity index (χ2n) is 12.5. The third kappa shape index (κ3) is 34.2. The zero-order valence-electron chi connectivity index (χ0n) is 30.0. The van der Waals surface area contributed by atoms with Gasteiger partial charge >= 0.3 is 19.8 Å². The molecule has 0 aliphatic heterocycles. The van der Waals surface area contributed by atoms with E-state index in [-0.39, 0.29) is 32.6 Å². The summed E-state index contributed by atoms with van der Waals surface area (Å²) in [5.41, 5.74) is 5.32. The molecule has 0 amide bonds. The van der Waals surface area contributed by atoms with Crippen LogP contribution in [0, 0.1) is 0 Å². The van der Waals surface area contributed by atoms with Gasteiger partial charge in [0.2, 0.25) is 0 Å². The summed E-state index contributed by atoms with van der Waals surface area (Å²) in [6, 6.07) is 0. The molecule has 0 saturated carbocycles. The molecular formula is C37H70NO8P. The minimum Gasteiger partial charge on any atom is -0.462 e. The molecule has 0 saturated heterocycles. The Morgan fingerprint density at radius 2 is 1.09 bits per heavy atom. The predicted molar refractivity (Wildman–Crippen MR) is 192 cm³/mol.